The van der Waals surface area contributed by atoms with Gasteiger partial charge in [-0.2, -0.15) is 0 Å². The van der Waals surface area contributed by atoms with Crippen molar-refractivity contribution in [3.8, 4) is 0 Å². The van der Waals surface area contributed by atoms with Crippen molar-refractivity contribution in [2.45, 2.75) is 64.9 Å². The third-order valence-electron chi connectivity index (χ3n) is 4.55. The molecule has 0 aliphatic heterocycles. The number of carbonyl (C=O) groups is 2. The first kappa shape index (κ1) is 18.5. The van der Waals surface area contributed by atoms with Crippen molar-refractivity contribution in [3.05, 3.63) is 35.4 Å². The van der Waals surface area contributed by atoms with E-state index in [-0.39, 0.29) is 11.7 Å². The fraction of sp³-hybridized carbons (Fsp3) is 0.600. The molecular weight excluding hydrogens is 304 g/mol. The molecule has 1 aliphatic carbocycles. The predicted molar refractivity (Wildman–Crippen MR) is 93.1 cm³/mol. The highest BCUT2D eigenvalue weighted by Gasteiger charge is 2.22. The molecule has 1 fully saturated rings. The van der Waals surface area contributed by atoms with Gasteiger partial charge >= 0.3 is 11.9 Å². The predicted octanol–water partition coefficient (Wildman–Crippen LogP) is 4.77. The Bertz CT molecular complexity index is 546. The van der Waals surface area contributed by atoms with Crippen LogP contribution in [0, 0.1) is 5.92 Å². The second-order valence-corrected chi connectivity index (χ2v) is 6.65. The number of hydrogen-bond acceptors (Lipinski definition) is 4. The van der Waals surface area contributed by atoms with E-state index in [2.05, 4.69) is 0 Å². The highest BCUT2D eigenvalue weighted by atomic mass is 16.5. The Morgan fingerprint density at radius 3 is 2.33 bits per heavy atom. The summed E-state index contributed by atoms with van der Waals surface area (Å²) in [6.07, 6.45) is 7.51. The number of hydrogen-bond donors (Lipinski definition) is 0. The summed E-state index contributed by atoms with van der Waals surface area (Å²) in [5, 5.41) is 0. The van der Waals surface area contributed by atoms with Gasteiger partial charge in [0.05, 0.1) is 23.8 Å². The van der Waals surface area contributed by atoms with E-state index < -0.39 is 11.9 Å². The second kappa shape index (κ2) is 9.45. The van der Waals surface area contributed by atoms with Crippen LogP contribution in [0.4, 0.5) is 0 Å². The Morgan fingerprint density at radius 2 is 1.71 bits per heavy atom. The van der Waals surface area contributed by atoms with Gasteiger partial charge in [-0.05, 0) is 44.2 Å². The van der Waals surface area contributed by atoms with Crippen LogP contribution in [0.5, 0.6) is 0 Å². The monoisotopic (exact) mass is 332 g/mol. The van der Waals surface area contributed by atoms with Gasteiger partial charge in [0.2, 0.25) is 0 Å². The average molecular weight is 332 g/mol. The Labute approximate surface area is 144 Å². The van der Waals surface area contributed by atoms with E-state index in [1.807, 2.05) is 13.8 Å². The summed E-state index contributed by atoms with van der Waals surface area (Å²) in [5.74, 6) is -0.441. The Kier molecular flexibility index (Phi) is 7.29. The largest absolute Gasteiger partial charge is 0.462 e. The van der Waals surface area contributed by atoms with Crippen molar-refractivity contribution in [3.63, 3.8) is 0 Å². The summed E-state index contributed by atoms with van der Waals surface area (Å²) < 4.78 is 10.9. The van der Waals surface area contributed by atoms with Gasteiger partial charge in [0.1, 0.15) is 0 Å². The molecule has 1 unspecified atom stereocenters. The van der Waals surface area contributed by atoms with Crippen LogP contribution in [0.3, 0.4) is 0 Å². The molecule has 4 nitrogen and oxygen atoms in total. The van der Waals surface area contributed by atoms with Crippen LogP contribution in [0.1, 0.15) is 79.5 Å². The lowest BCUT2D eigenvalue weighted by molar-refractivity contribution is 0.0302. The minimum absolute atomic E-state index is 0.159. The van der Waals surface area contributed by atoms with Gasteiger partial charge in [-0.1, -0.05) is 44.7 Å². The topological polar surface area (TPSA) is 52.6 Å². The minimum Gasteiger partial charge on any atom is -0.462 e. The number of esters is 2. The van der Waals surface area contributed by atoms with Crippen LogP contribution >= 0.6 is 0 Å². The SMILES string of the molecule is CCCC(C)OC(=O)c1ccccc1C(=O)OCC1CCCCC1. The summed E-state index contributed by atoms with van der Waals surface area (Å²) in [5.41, 5.74) is 0.580. The third-order valence-corrected chi connectivity index (χ3v) is 4.55. The first-order valence-electron chi connectivity index (χ1n) is 9.09. The molecule has 1 aliphatic rings. The van der Waals surface area contributed by atoms with Gasteiger partial charge < -0.3 is 9.47 Å². The smallest absolute Gasteiger partial charge is 0.339 e. The Morgan fingerprint density at radius 1 is 1.08 bits per heavy atom. The van der Waals surface area contributed by atoms with Crippen molar-refractivity contribution >= 4 is 11.9 Å². The molecule has 0 bridgehead atoms. The zero-order valence-electron chi connectivity index (χ0n) is 14.8. The molecule has 0 radical (unpaired) electrons. The lowest BCUT2D eigenvalue weighted by Gasteiger charge is -2.21. The number of rotatable bonds is 7. The minimum atomic E-state index is -0.457. The lowest BCUT2D eigenvalue weighted by Crippen LogP contribution is -2.20. The molecule has 0 aromatic heterocycles. The molecule has 4 heteroatoms. The molecule has 1 saturated carbocycles. The zero-order chi connectivity index (χ0) is 17.4. The van der Waals surface area contributed by atoms with Crippen LogP contribution in [-0.2, 0) is 9.47 Å². The molecule has 24 heavy (non-hydrogen) atoms. The van der Waals surface area contributed by atoms with Gasteiger partial charge in [-0.15, -0.1) is 0 Å². The van der Waals surface area contributed by atoms with E-state index in [1.54, 1.807) is 24.3 Å². The van der Waals surface area contributed by atoms with E-state index in [0.29, 0.717) is 18.1 Å². The standard InChI is InChI=1S/C20H28O4/c1-3-9-15(2)24-20(22)18-13-8-7-12-17(18)19(21)23-14-16-10-5-4-6-11-16/h7-8,12-13,15-16H,3-6,9-11,14H2,1-2H3. The molecule has 0 heterocycles. The molecule has 132 valence electrons. The van der Waals surface area contributed by atoms with Gasteiger partial charge in [0, 0.05) is 0 Å². The second-order valence-electron chi connectivity index (χ2n) is 6.65. The Hall–Kier alpha value is -1.84. The molecule has 1 atom stereocenters. The summed E-state index contributed by atoms with van der Waals surface area (Å²) in [6.45, 7) is 4.35. The van der Waals surface area contributed by atoms with Crippen molar-refractivity contribution in [2.24, 2.45) is 5.92 Å². The van der Waals surface area contributed by atoms with Crippen LogP contribution < -0.4 is 0 Å². The summed E-state index contributed by atoms with van der Waals surface area (Å²) in [7, 11) is 0. The van der Waals surface area contributed by atoms with Crippen molar-refractivity contribution in [1.29, 1.82) is 0 Å². The molecular formula is C20H28O4. The van der Waals surface area contributed by atoms with Crippen molar-refractivity contribution in [2.75, 3.05) is 6.61 Å². The fourth-order valence-electron chi connectivity index (χ4n) is 3.18. The first-order chi connectivity index (χ1) is 11.6. The van der Waals surface area contributed by atoms with E-state index in [9.17, 15) is 9.59 Å². The lowest BCUT2D eigenvalue weighted by atomic mass is 9.90. The molecule has 0 saturated heterocycles. The van der Waals surface area contributed by atoms with E-state index in [0.717, 1.165) is 25.7 Å². The Balaban J connectivity index is 1.98. The maximum absolute atomic E-state index is 12.4. The van der Waals surface area contributed by atoms with E-state index >= 15 is 0 Å². The van der Waals surface area contributed by atoms with Crippen LogP contribution in [-0.4, -0.2) is 24.6 Å². The van der Waals surface area contributed by atoms with E-state index in [1.165, 1.54) is 19.3 Å². The van der Waals surface area contributed by atoms with Crippen LogP contribution in [0.15, 0.2) is 24.3 Å². The highest BCUT2D eigenvalue weighted by molar-refractivity contribution is 6.03. The van der Waals surface area contributed by atoms with E-state index in [4.69, 9.17) is 9.47 Å². The van der Waals surface area contributed by atoms with Crippen molar-refractivity contribution < 1.29 is 19.1 Å². The van der Waals surface area contributed by atoms with Crippen LogP contribution in [0.2, 0.25) is 0 Å². The maximum Gasteiger partial charge on any atom is 0.339 e. The summed E-state index contributed by atoms with van der Waals surface area (Å²) >= 11 is 0. The molecule has 1 aromatic rings. The van der Waals surface area contributed by atoms with Gasteiger partial charge in [-0.25, -0.2) is 9.59 Å². The number of ether oxygens (including phenoxy) is 2. The highest BCUT2D eigenvalue weighted by Crippen LogP contribution is 2.24. The molecule has 0 spiro atoms. The van der Waals surface area contributed by atoms with Gasteiger partial charge in [-0.3, -0.25) is 0 Å². The molecule has 0 amide bonds. The zero-order valence-corrected chi connectivity index (χ0v) is 14.8. The van der Waals surface area contributed by atoms with Gasteiger partial charge in [0.15, 0.2) is 0 Å². The number of benzene rings is 1. The average Bonchev–Trinajstić information content (AvgIpc) is 2.60. The normalized spacial score (nSPS) is 16.4. The van der Waals surface area contributed by atoms with Gasteiger partial charge in [0.25, 0.3) is 0 Å². The molecule has 1 aromatic carbocycles. The molecule has 0 N–H and O–H groups in total. The first-order valence-corrected chi connectivity index (χ1v) is 9.09. The third kappa shape index (κ3) is 5.36. The maximum atomic E-state index is 12.4. The summed E-state index contributed by atoms with van der Waals surface area (Å²) in [4.78, 5) is 24.7. The van der Waals surface area contributed by atoms with Crippen LogP contribution in [0.25, 0.3) is 0 Å². The quantitative estimate of drug-likeness (QED) is 0.675. The molecule has 2 rings (SSSR count). The summed E-state index contributed by atoms with van der Waals surface area (Å²) in [6, 6.07) is 6.73. The fourth-order valence-corrected chi connectivity index (χ4v) is 3.18. The van der Waals surface area contributed by atoms with Crippen molar-refractivity contribution in [1.82, 2.24) is 0 Å². The number of carbonyl (C=O) groups excluding carboxylic acids is 2.